The molecule has 1 nitrogen and oxygen atoms in total. The molecule has 3 rings (SSSR count). The second kappa shape index (κ2) is 9.72. The van der Waals surface area contributed by atoms with E-state index in [1.165, 1.54) is 44.1 Å². The molecule has 1 aromatic carbocycles. The molecule has 0 N–H and O–H groups in total. The summed E-state index contributed by atoms with van der Waals surface area (Å²) in [5.74, 6) is 0.944. The Bertz CT molecular complexity index is 527. The van der Waals surface area contributed by atoms with E-state index >= 15 is 0 Å². The van der Waals surface area contributed by atoms with E-state index < -0.39 is 0 Å². The molecule has 2 unspecified atom stereocenters. The van der Waals surface area contributed by atoms with Crippen molar-refractivity contribution in [2.75, 3.05) is 7.11 Å². The van der Waals surface area contributed by atoms with Crippen molar-refractivity contribution in [2.45, 2.75) is 64.9 Å². The number of ether oxygens (including phenoxy) is 1. The van der Waals surface area contributed by atoms with Crippen LogP contribution in [0.3, 0.4) is 0 Å². The topological polar surface area (TPSA) is 9.23 Å². The molecule has 2 aliphatic rings. The van der Waals surface area contributed by atoms with E-state index in [-0.39, 0.29) is 0 Å². The summed E-state index contributed by atoms with van der Waals surface area (Å²) >= 11 is 0. The van der Waals surface area contributed by atoms with Gasteiger partial charge in [-0.3, -0.25) is 0 Å². The lowest BCUT2D eigenvalue weighted by atomic mass is 9.83. The molecule has 2 aliphatic carbocycles. The van der Waals surface area contributed by atoms with Gasteiger partial charge in [0.15, 0.2) is 0 Å². The molecule has 0 heterocycles. The summed E-state index contributed by atoms with van der Waals surface area (Å²) in [5.41, 5.74) is 4.64. The van der Waals surface area contributed by atoms with E-state index in [9.17, 15) is 0 Å². The fourth-order valence-corrected chi connectivity index (χ4v) is 3.42. The summed E-state index contributed by atoms with van der Waals surface area (Å²) in [4.78, 5) is 0. The van der Waals surface area contributed by atoms with Crippen molar-refractivity contribution in [3.63, 3.8) is 0 Å². The first kappa shape index (κ1) is 18.0. The molecule has 0 aliphatic heterocycles. The van der Waals surface area contributed by atoms with Gasteiger partial charge in [0.1, 0.15) is 0 Å². The second-order valence-corrected chi connectivity index (χ2v) is 6.68. The van der Waals surface area contributed by atoms with Gasteiger partial charge in [-0.05, 0) is 49.1 Å². The normalized spacial score (nSPS) is 22.7. The van der Waals surface area contributed by atoms with Gasteiger partial charge in [0.25, 0.3) is 0 Å². The monoisotopic (exact) mass is 312 g/mol. The van der Waals surface area contributed by atoms with Crippen LogP contribution in [-0.4, -0.2) is 13.2 Å². The summed E-state index contributed by atoms with van der Waals surface area (Å²) in [6, 6.07) is 8.89. The van der Waals surface area contributed by atoms with E-state index in [2.05, 4.69) is 56.3 Å². The van der Waals surface area contributed by atoms with Gasteiger partial charge < -0.3 is 4.74 Å². The van der Waals surface area contributed by atoms with Crippen LogP contribution in [-0.2, 0) is 17.6 Å². The molecule has 1 aromatic rings. The fourth-order valence-electron chi connectivity index (χ4n) is 3.42. The quantitative estimate of drug-likeness (QED) is 0.673. The van der Waals surface area contributed by atoms with E-state index in [1.54, 1.807) is 18.2 Å². The van der Waals surface area contributed by atoms with Crippen molar-refractivity contribution in [1.29, 1.82) is 0 Å². The number of hydrogen-bond donors (Lipinski definition) is 0. The van der Waals surface area contributed by atoms with E-state index in [1.807, 2.05) is 0 Å². The Morgan fingerprint density at radius 3 is 2.52 bits per heavy atom. The van der Waals surface area contributed by atoms with E-state index in [0.717, 1.165) is 12.3 Å². The average molecular weight is 312 g/mol. The lowest BCUT2D eigenvalue weighted by Gasteiger charge is -2.23. The largest absolute Gasteiger partial charge is 0.377 e. The van der Waals surface area contributed by atoms with Crippen LogP contribution in [0.4, 0.5) is 0 Å². The van der Waals surface area contributed by atoms with Crippen LogP contribution in [0, 0.1) is 5.92 Å². The van der Waals surface area contributed by atoms with Crippen molar-refractivity contribution in [3.05, 3.63) is 59.2 Å². The zero-order chi connectivity index (χ0) is 16.5. The third-order valence-corrected chi connectivity index (χ3v) is 5.00. The molecular weight excluding hydrogens is 280 g/mol. The van der Waals surface area contributed by atoms with Crippen molar-refractivity contribution >= 4 is 0 Å². The molecule has 0 spiro atoms. The predicted molar refractivity (Wildman–Crippen MR) is 99.8 cm³/mol. The molecule has 0 radical (unpaired) electrons. The lowest BCUT2D eigenvalue weighted by Crippen LogP contribution is -2.12. The minimum Gasteiger partial charge on any atom is -0.377 e. The lowest BCUT2D eigenvalue weighted by molar-refractivity contribution is 0.142. The van der Waals surface area contributed by atoms with Gasteiger partial charge in [0, 0.05) is 7.11 Å². The average Bonchev–Trinajstić information content (AvgIpc) is 2.63. The van der Waals surface area contributed by atoms with Gasteiger partial charge in [-0.15, -0.1) is 0 Å². The highest BCUT2D eigenvalue weighted by atomic mass is 16.5. The fraction of sp³-hybridized carbons (Fsp3) is 0.545. The van der Waals surface area contributed by atoms with Gasteiger partial charge in [-0.1, -0.05) is 74.8 Å². The zero-order valence-electron chi connectivity index (χ0n) is 15.1. The Kier molecular flexibility index (Phi) is 7.61. The maximum Gasteiger partial charge on any atom is 0.0789 e. The molecule has 0 fully saturated rings. The summed E-state index contributed by atoms with van der Waals surface area (Å²) in [6.45, 7) is 4.51. The van der Waals surface area contributed by atoms with Crippen molar-refractivity contribution in [3.8, 4) is 0 Å². The maximum atomic E-state index is 5.19. The van der Waals surface area contributed by atoms with Crippen LogP contribution in [0.25, 0.3) is 0 Å². The van der Waals surface area contributed by atoms with Gasteiger partial charge in [0.05, 0.1) is 6.10 Å². The van der Waals surface area contributed by atoms with Crippen LogP contribution >= 0.6 is 0 Å². The molecule has 0 saturated heterocycles. The standard InChI is InChI=1S/C12H16.C10H16O/c1-2-10-7-8-11-5-3-4-6-12(11)9-10;1-3-4-9-5-7-10(11-2)8-6-9/h3-6,10H,2,7-9H2,1H3;5-7,10H,3-4,8H2,1-2H3. The number of rotatable bonds is 4. The minimum atomic E-state index is 0.315. The molecular formula is C22H32O. The van der Waals surface area contributed by atoms with Crippen molar-refractivity contribution in [1.82, 2.24) is 0 Å². The molecule has 2 atom stereocenters. The third kappa shape index (κ3) is 5.66. The molecule has 0 saturated carbocycles. The SMILES string of the molecule is CCC1CCc2ccccc2C1.CCCC1=CCC(OC)C=C1. The van der Waals surface area contributed by atoms with Crippen LogP contribution in [0.2, 0.25) is 0 Å². The van der Waals surface area contributed by atoms with Gasteiger partial charge in [-0.2, -0.15) is 0 Å². The first-order valence-electron chi connectivity index (χ1n) is 9.23. The van der Waals surface area contributed by atoms with Gasteiger partial charge >= 0.3 is 0 Å². The second-order valence-electron chi connectivity index (χ2n) is 6.68. The molecule has 126 valence electrons. The molecule has 1 heteroatoms. The van der Waals surface area contributed by atoms with E-state index in [4.69, 9.17) is 4.74 Å². The number of fused-ring (bicyclic) bond motifs is 1. The van der Waals surface area contributed by atoms with Gasteiger partial charge in [0.2, 0.25) is 0 Å². The smallest absolute Gasteiger partial charge is 0.0789 e. The summed E-state index contributed by atoms with van der Waals surface area (Å²) in [6.07, 6.45) is 15.7. The number of methoxy groups -OCH3 is 1. The highest BCUT2D eigenvalue weighted by Gasteiger charge is 2.15. The Morgan fingerprint density at radius 2 is 1.91 bits per heavy atom. The highest BCUT2D eigenvalue weighted by molar-refractivity contribution is 5.29. The molecule has 23 heavy (non-hydrogen) atoms. The first-order valence-corrected chi connectivity index (χ1v) is 9.23. The van der Waals surface area contributed by atoms with Crippen molar-refractivity contribution < 1.29 is 4.74 Å². The predicted octanol–water partition coefficient (Wildman–Crippen LogP) is 5.89. The van der Waals surface area contributed by atoms with Crippen LogP contribution in [0.1, 0.15) is 57.1 Å². The third-order valence-electron chi connectivity index (χ3n) is 5.00. The summed E-state index contributed by atoms with van der Waals surface area (Å²) < 4.78 is 5.19. The highest BCUT2D eigenvalue weighted by Crippen LogP contribution is 2.26. The zero-order valence-corrected chi connectivity index (χ0v) is 15.1. The Balaban J connectivity index is 0.000000168. The van der Waals surface area contributed by atoms with Crippen molar-refractivity contribution in [2.24, 2.45) is 5.92 Å². The minimum absolute atomic E-state index is 0.315. The summed E-state index contributed by atoms with van der Waals surface area (Å²) in [7, 11) is 1.76. The Labute approximate surface area is 142 Å². The van der Waals surface area contributed by atoms with Crippen LogP contribution < -0.4 is 0 Å². The maximum absolute atomic E-state index is 5.19. The van der Waals surface area contributed by atoms with Crippen LogP contribution in [0.15, 0.2) is 48.1 Å². The molecule has 0 amide bonds. The molecule has 0 aromatic heterocycles. The van der Waals surface area contributed by atoms with E-state index in [0.29, 0.717) is 6.10 Å². The Morgan fingerprint density at radius 1 is 1.13 bits per heavy atom. The molecule has 0 bridgehead atoms. The number of allylic oxidation sites excluding steroid dienone is 2. The first-order chi connectivity index (χ1) is 11.3. The Hall–Kier alpha value is -1.34. The number of hydrogen-bond acceptors (Lipinski definition) is 1. The van der Waals surface area contributed by atoms with Gasteiger partial charge in [-0.25, -0.2) is 0 Å². The van der Waals surface area contributed by atoms with Crippen LogP contribution in [0.5, 0.6) is 0 Å². The summed E-state index contributed by atoms with van der Waals surface area (Å²) in [5, 5.41) is 0. The number of benzene rings is 1. The number of aryl methyl sites for hydroxylation is 1.